The van der Waals surface area contributed by atoms with Gasteiger partial charge in [-0.3, -0.25) is 9.27 Å². The van der Waals surface area contributed by atoms with Crippen LogP contribution in [0.2, 0.25) is 0 Å². The summed E-state index contributed by atoms with van der Waals surface area (Å²) in [4.78, 5) is 11.5. The largest absolute Gasteiger partial charge is 0.494 e. The van der Waals surface area contributed by atoms with E-state index in [9.17, 15) is 28.9 Å². The van der Waals surface area contributed by atoms with Crippen molar-refractivity contribution < 1.29 is 33.6 Å². The standard InChI is InChI=1S/C17H14N2O7S/c20-14-6-7-15(21)19(14)13-9-10(17(22)23)8-12(18-27(24)25)16(13)26-11-4-2-1-3-5-11/h1-9,18,20-21H,(H,22,23)(H,24,25). The number of carboxylic acid groups (broad SMARTS) is 1. The molecule has 1 unspecified atom stereocenters. The fraction of sp³-hybridized carbons (Fsp3) is 0. The third-order valence-electron chi connectivity index (χ3n) is 3.56. The van der Waals surface area contributed by atoms with E-state index < -0.39 is 17.2 Å². The molecule has 2 aromatic carbocycles. The van der Waals surface area contributed by atoms with Gasteiger partial charge in [0.25, 0.3) is 11.3 Å². The Morgan fingerprint density at radius 2 is 1.67 bits per heavy atom. The molecular formula is C17H14N2O7S. The van der Waals surface area contributed by atoms with Crippen LogP contribution in [0.5, 0.6) is 23.3 Å². The average molecular weight is 390 g/mol. The molecule has 0 aliphatic carbocycles. The van der Waals surface area contributed by atoms with Crippen molar-refractivity contribution in [2.24, 2.45) is 0 Å². The van der Waals surface area contributed by atoms with Crippen molar-refractivity contribution in [1.82, 2.24) is 4.57 Å². The molecule has 0 radical (unpaired) electrons. The van der Waals surface area contributed by atoms with Crippen LogP contribution in [-0.4, -0.2) is 34.6 Å². The van der Waals surface area contributed by atoms with Gasteiger partial charge in [-0.25, -0.2) is 13.6 Å². The first kappa shape index (κ1) is 18.3. The van der Waals surface area contributed by atoms with E-state index >= 15 is 0 Å². The molecule has 0 spiro atoms. The SMILES string of the molecule is O=C(O)c1cc(NS(=O)O)c(Oc2ccccc2)c(-n2c(O)ccc2O)c1. The molecule has 1 atom stereocenters. The summed E-state index contributed by atoms with van der Waals surface area (Å²) >= 11 is -2.53. The summed E-state index contributed by atoms with van der Waals surface area (Å²) in [7, 11) is 0. The Labute approximate surface area is 155 Å². The molecule has 5 N–H and O–H groups in total. The molecule has 140 valence electrons. The van der Waals surface area contributed by atoms with Gasteiger partial charge < -0.3 is 20.1 Å². The molecule has 1 heterocycles. The van der Waals surface area contributed by atoms with Crippen molar-refractivity contribution in [2.45, 2.75) is 0 Å². The molecular weight excluding hydrogens is 376 g/mol. The van der Waals surface area contributed by atoms with Crippen LogP contribution < -0.4 is 9.46 Å². The molecule has 3 rings (SSSR count). The molecule has 0 fully saturated rings. The van der Waals surface area contributed by atoms with Crippen LogP contribution in [0.1, 0.15) is 10.4 Å². The third kappa shape index (κ3) is 3.86. The zero-order valence-corrected chi connectivity index (χ0v) is 14.4. The second kappa shape index (κ2) is 7.40. The maximum Gasteiger partial charge on any atom is 0.335 e. The minimum Gasteiger partial charge on any atom is -0.494 e. The Bertz CT molecular complexity index is 998. The summed E-state index contributed by atoms with van der Waals surface area (Å²) < 4.78 is 29.4. The molecule has 0 bridgehead atoms. The lowest BCUT2D eigenvalue weighted by atomic mass is 10.1. The van der Waals surface area contributed by atoms with Crippen LogP contribution in [0.3, 0.4) is 0 Å². The predicted octanol–water partition coefficient (Wildman–Crippen LogP) is 2.93. The van der Waals surface area contributed by atoms with Crippen molar-refractivity contribution in [2.75, 3.05) is 4.72 Å². The number of hydrogen-bond donors (Lipinski definition) is 5. The van der Waals surface area contributed by atoms with Gasteiger partial charge in [-0.1, -0.05) is 18.2 Å². The molecule has 1 aromatic heterocycles. The van der Waals surface area contributed by atoms with E-state index in [1.165, 1.54) is 12.1 Å². The van der Waals surface area contributed by atoms with Gasteiger partial charge in [0.1, 0.15) is 5.75 Å². The van der Waals surface area contributed by atoms with E-state index in [1.54, 1.807) is 30.3 Å². The maximum absolute atomic E-state index is 11.5. The minimum atomic E-state index is -2.53. The third-order valence-corrected chi connectivity index (χ3v) is 3.95. The van der Waals surface area contributed by atoms with Gasteiger partial charge in [-0.05, 0) is 24.3 Å². The number of para-hydroxylation sites is 1. The van der Waals surface area contributed by atoms with Gasteiger partial charge in [0.05, 0.1) is 16.9 Å². The summed E-state index contributed by atoms with van der Waals surface area (Å²) in [5.74, 6) is -1.82. The highest BCUT2D eigenvalue weighted by molar-refractivity contribution is 7.80. The Hall–Kier alpha value is -3.50. The highest BCUT2D eigenvalue weighted by Gasteiger charge is 2.22. The van der Waals surface area contributed by atoms with E-state index in [4.69, 9.17) is 4.74 Å². The molecule has 3 aromatic rings. The van der Waals surface area contributed by atoms with E-state index in [-0.39, 0.29) is 34.4 Å². The Balaban J connectivity index is 2.28. The van der Waals surface area contributed by atoms with Crippen molar-refractivity contribution in [3.63, 3.8) is 0 Å². The second-order valence-corrected chi connectivity index (χ2v) is 6.03. The molecule has 0 aliphatic heterocycles. The summed E-state index contributed by atoms with van der Waals surface area (Å²) in [6, 6.07) is 13.0. The number of carbonyl (C=O) groups is 1. The van der Waals surface area contributed by atoms with Crippen molar-refractivity contribution >= 4 is 22.9 Å². The number of carboxylic acids is 1. The smallest absolute Gasteiger partial charge is 0.335 e. The van der Waals surface area contributed by atoms with Gasteiger partial charge in [0.2, 0.25) is 0 Å². The molecule has 0 aliphatic rings. The number of aromatic carboxylic acids is 1. The van der Waals surface area contributed by atoms with Gasteiger partial charge >= 0.3 is 5.97 Å². The number of aromatic nitrogens is 1. The first-order valence-corrected chi connectivity index (χ1v) is 8.59. The van der Waals surface area contributed by atoms with Gasteiger partial charge in [0, 0.05) is 12.1 Å². The van der Waals surface area contributed by atoms with Crippen LogP contribution in [0.25, 0.3) is 5.69 Å². The highest BCUT2D eigenvalue weighted by Crippen LogP contribution is 2.41. The van der Waals surface area contributed by atoms with Crippen molar-refractivity contribution in [1.29, 1.82) is 0 Å². The molecule has 9 nitrogen and oxygen atoms in total. The highest BCUT2D eigenvalue weighted by atomic mass is 32.2. The number of aromatic hydroxyl groups is 2. The number of nitrogens with zero attached hydrogens (tertiary/aromatic N) is 1. The lowest BCUT2D eigenvalue weighted by Gasteiger charge is -2.18. The summed E-state index contributed by atoms with van der Waals surface area (Å²) in [5.41, 5.74) is -0.431. The Kier molecular flexibility index (Phi) is 5.01. The minimum absolute atomic E-state index is 0.0493. The molecule has 0 saturated heterocycles. The summed E-state index contributed by atoms with van der Waals surface area (Å²) in [6.07, 6.45) is 0. The van der Waals surface area contributed by atoms with E-state index in [0.717, 1.165) is 16.7 Å². The number of benzene rings is 2. The Morgan fingerprint density at radius 3 is 2.22 bits per heavy atom. The first-order chi connectivity index (χ1) is 12.9. The van der Waals surface area contributed by atoms with Crippen molar-refractivity contribution in [3.05, 3.63) is 60.2 Å². The fourth-order valence-corrected chi connectivity index (χ4v) is 2.79. The number of rotatable bonds is 6. The van der Waals surface area contributed by atoms with E-state index in [2.05, 4.69) is 4.72 Å². The van der Waals surface area contributed by atoms with Crippen LogP contribution in [0.4, 0.5) is 5.69 Å². The number of ether oxygens (including phenoxy) is 1. The zero-order chi connectivity index (χ0) is 19.6. The lowest BCUT2D eigenvalue weighted by molar-refractivity contribution is 0.0696. The number of hydrogen-bond acceptors (Lipinski definition) is 5. The van der Waals surface area contributed by atoms with Gasteiger partial charge in [-0.2, -0.15) is 0 Å². The predicted molar refractivity (Wildman–Crippen MR) is 97.0 cm³/mol. The lowest BCUT2D eigenvalue weighted by Crippen LogP contribution is -2.09. The van der Waals surface area contributed by atoms with Gasteiger partial charge in [0.15, 0.2) is 17.5 Å². The first-order valence-electron chi connectivity index (χ1n) is 7.48. The van der Waals surface area contributed by atoms with Crippen LogP contribution in [-0.2, 0) is 11.3 Å². The maximum atomic E-state index is 11.5. The topological polar surface area (TPSA) is 141 Å². The zero-order valence-electron chi connectivity index (χ0n) is 13.6. The number of anilines is 1. The molecule has 0 saturated carbocycles. The molecule has 27 heavy (non-hydrogen) atoms. The van der Waals surface area contributed by atoms with Gasteiger partial charge in [-0.15, -0.1) is 0 Å². The quantitative estimate of drug-likeness (QED) is 0.407. The van der Waals surface area contributed by atoms with Crippen LogP contribution in [0.15, 0.2) is 54.6 Å². The fourth-order valence-electron chi connectivity index (χ4n) is 2.45. The van der Waals surface area contributed by atoms with E-state index in [0.29, 0.717) is 5.75 Å². The number of nitrogens with one attached hydrogen (secondary N) is 1. The van der Waals surface area contributed by atoms with Crippen molar-refractivity contribution in [3.8, 4) is 28.9 Å². The average Bonchev–Trinajstić information content (AvgIpc) is 2.95. The summed E-state index contributed by atoms with van der Waals surface area (Å²) in [6.45, 7) is 0. The molecule has 10 heteroatoms. The second-order valence-electron chi connectivity index (χ2n) is 5.33. The summed E-state index contributed by atoms with van der Waals surface area (Å²) in [5, 5.41) is 29.4. The molecule has 0 amide bonds. The Morgan fingerprint density at radius 1 is 1.04 bits per heavy atom. The van der Waals surface area contributed by atoms with E-state index in [1.807, 2.05) is 0 Å². The van der Waals surface area contributed by atoms with Crippen LogP contribution >= 0.6 is 0 Å². The van der Waals surface area contributed by atoms with Crippen LogP contribution in [0, 0.1) is 0 Å². The monoisotopic (exact) mass is 390 g/mol. The normalized spacial score (nSPS) is 11.7.